The SMILES string of the molecule is O=Cc1cc(OCc2c(-c3ccc(Cl)cc3)nsc2C(F)(F)F)ccc1/C=C/C(=O)O. The van der Waals surface area contributed by atoms with E-state index in [-0.39, 0.29) is 22.6 Å². The lowest BCUT2D eigenvalue weighted by molar-refractivity contribution is -0.135. The Morgan fingerprint density at radius 2 is 1.87 bits per heavy atom. The van der Waals surface area contributed by atoms with Crippen LogP contribution >= 0.6 is 23.1 Å². The van der Waals surface area contributed by atoms with E-state index in [0.29, 0.717) is 34.0 Å². The molecular formula is C21H13ClF3NO4S. The Morgan fingerprint density at radius 1 is 1.16 bits per heavy atom. The summed E-state index contributed by atoms with van der Waals surface area (Å²) in [4.78, 5) is 21.1. The van der Waals surface area contributed by atoms with Crippen LogP contribution in [0.3, 0.4) is 0 Å². The summed E-state index contributed by atoms with van der Waals surface area (Å²) in [6, 6.07) is 10.4. The number of carboxylic acids is 1. The number of halogens is 4. The number of aromatic nitrogens is 1. The minimum absolute atomic E-state index is 0.130. The summed E-state index contributed by atoms with van der Waals surface area (Å²) in [7, 11) is 0. The van der Waals surface area contributed by atoms with Crippen LogP contribution in [0.1, 0.15) is 26.4 Å². The highest BCUT2D eigenvalue weighted by Gasteiger charge is 2.38. The van der Waals surface area contributed by atoms with Crippen LogP contribution < -0.4 is 4.74 Å². The second-order valence-corrected chi connectivity index (χ2v) is 7.42. The van der Waals surface area contributed by atoms with E-state index < -0.39 is 23.6 Å². The maximum absolute atomic E-state index is 13.5. The summed E-state index contributed by atoms with van der Waals surface area (Å²) >= 11 is 6.18. The molecule has 0 aliphatic carbocycles. The first kappa shape index (κ1) is 22.5. The van der Waals surface area contributed by atoms with Crippen molar-refractivity contribution in [1.82, 2.24) is 4.37 Å². The highest BCUT2D eigenvalue weighted by molar-refractivity contribution is 7.06. The molecule has 31 heavy (non-hydrogen) atoms. The van der Waals surface area contributed by atoms with Gasteiger partial charge in [0.2, 0.25) is 0 Å². The van der Waals surface area contributed by atoms with Crippen molar-refractivity contribution in [2.45, 2.75) is 12.8 Å². The quantitative estimate of drug-likeness (QED) is 0.342. The van der Waals surface area contributed by atoms with Crippen LogP contribution in [0.4, 0.5) is 13.2 Å². The fraction of sp³-hybridized carbons (Fsp3) is 0.0952. The molecule has 0 aliphatic heterocycles. The van der Waals surface area contributed by atoms with Gasteiger partial charge in [0, 0.05) is 27.8 Å². The number of alkyl halides is 3. The van der Waals surface area contributed by atoms with Crippen molar-refractivity contribution in [2.75, 3.05) is 0 Å². The first-order chi connectivity index (χ1) is 14.7. The van der Waals surface area contributed by atoms with Crippen molar-refractivity contribution in [3.05, 3.63) is 75.1 Å². The van der Waals surface area contributed by atoms with Crippen LogP contribution in [0.5, 0.6) is 5.75 Å². The molecule has 5 nitrogen and oxygen atoms in total. The number of carboxylic acid groups (broad SMARTS) is 1. The molecule has 160 valence electrons. The Bertz CT molecular complexity index is 1140. The van der Waals surface area contributed by atoms with Crippen LogP contribution in [0, 0.1) is 0 Å². The van der Waals surface area contributed by atoms with Crippen LogP contribution in [0.2, 0.25) is 5.02 Å². The number of hydrogen-bond donors (Lipinski definition) is 1. The number of aldehydes is 1. The average Bonchev–Trinajstić information content (AvgIpc) is 3.16. The van der Waals surface area contributed by atoms with Gasteiger partial charge >= 0.3 is 12.1 Å². The second-order valence-electron chi connectivity index (χ2n) is 6.21. The summed E-state index contributed by atoms with van der Waals surface area (Å²) in [5, 5.41) is 9.14. The zero-order valence-electron chi connectivity index (χ0n) is 15.5. The Kier molecular flexibility index (Phi) is 6.77. The third-order valence-corrected chi connectivity index (χ3v) is 5.32. The smallest absolute Gasteiger partial charge is 0.427 e. The van der Waals surface area contributed by atoms with E-state index in [1.165, 1.54) is 24.3 Å². The highest BCUT2D eigenvalue weighted by Crippen LogP contribution is 2.40. The van der Waals surface area contributed by atoms with Crippen molar-refractivity contribution < 1.29 is 32.6 Å². The van der Waals surface area contributed by atoms with Crippen LogP contribution in [0.15, 0.2) is 48.5 Å². The summed E-state index contributed by atoms with van der Waals surface area (Å²) in [6.45, 7) is -0.439. The lowest BCUT2D eigenvalue weighted by Crippen LogP contribution is -2.08. The summed E-state index contributed by atoms with van der Waals surface area (Å²) in [5.41, 5.74) is 0.914. The Hall–Kier alpha value is -3.17. The lowest BCUT2D eigenvalue weighted by atomic mass is 10.1. The number of rotatable bonds is 7. The maximum atomic E-state index is 13.5. The van der Waals surface area contributed by atoms with Crippen LogP contribution in [-0.4, -0.2) is 21.7 Å². The first-order valence-corrected chi connectivity index (χ1v) is 9.79. The molecule has 0 amide bonds. The van der Waals surface area contributed by atoms with Gasteiger partial charge in [-0.15, -0.1) is 0 Å². The van der Waals surface area contributed by atoms with Crippen molar-refractivity contribution in [2.24, 2.45) is 0 Å². The zero-order chi connectivity index (χ0) is 22.6. The Balaban J connectivity index is 1.92. The topological polar surface area (TPSA) is 76.5 Å². The first-order valence-electron chi connectivity index (χ1n) is 8.63. The summed E-state index contributed by atoms with van der Waals surface area (Å²) in [6.07, 6.45) is -2.01. The predicted molar refractivity (Wildman–Crippen MR) is 110 cm³/mol. The lowest BCUT2D eigenvalue weighted by Gasteiger charge is -2.12. The monoisotopic (exact) mass is 467 g/mol. The highest BCUT2D eigenvalue weighted by atomic mass is 35.5. The number of benzene rings is 2. The van der Waals surface area contributed by atoms with Crippen molar-refractivity contribution in [1.29, 1.82) is 0 Å². The normalized spacial score (nSPS) is 11.6. The third-order valence-electron chi connectivity index (χ3n) is 4.14. The molecule has 1 aromatic heterocycles. The fourth-order valence-corrected chi connectivity index (χ4v) is 3.61. The molecule has 0 radical (unpaired) electrons. The molecule has 0 atom stereocenters. The van der Waals surface area contributed by atoms with Crippen molar-refractivity contribution in [3.63, 3.8) is 0 Å². The van der Waals surface area contributed by atoms with Gasteiger partial charge in [-0.25, -0.2) is 4.79 Å². The van der Waals surface area contributed by atoms with Crippen molar-refractivity contribution >= 4 is 41.5 Å². The number of ether oxygens (including phenoxy) is 1. The van der Waals surface area contributed by atoms with Gasteiger partial charge in [0.1, 0.15) is 17.2 Å². The predicted octanol–water partition coefficient (Wildman–Crippen LogP) is 5.97. The molecule has 0 aliphatic rings. The van der Waals surface area contributed by atoms with E-state index in [0.717, 1.165) is 6.08 Å². The molecule has 0 saturated carbocycles. The van der Waals surface area contributed by atoms with Gasteiger partial charge < -0.3 is 9.84 Å². The summed E-state index contributed by atoms with van der Waals surface area (Å²) in [5.74, 6) is -1.03. The molecule has 0 unspecified atom stereocenters. The molecule has 0 bridgehead atoms. The largest absolute Gasteiger partial charge is 0.489 e. The van der Waals surface area contributed by atoms with E-state index in [1.807, 2.05) is 0 Å². The molecule has 1 N–H and O–H groups in total. The van der Waals surface area contributed by atoms with Crippen molar-refractivity contribution in [3.8, 4) is 17.0 Å². The molecule has 3 aromatic rings. The van der Waals surface area contributed by atoms with Gasteiger partial charge in [0.05, 0.1) is 5.69 Å². The van der Waals surface area contributed by atoms with Gasteiger partial charge in [0.15, 0.2) is 6.29 Å². The minimum Gasteiger partial charge on any atom is -0.489 e. The number of aliphatic carboxylic acids is 1. The Labute approximate surface area is 183 Å². The number of carbonyl (C=O) groups is 2. The minimum atomic E-state index is -4.61. The molecule has 0 fully saturated rings. The molecule has 1 heterocycles. The van der Waals surface area contributed by atoms with E-state index >= 15 is 0 Å². The standard InChI is InChI=1S/C21H13ClF3NO4S/c22-15-5-1-13(2-6-15)19-17(20(31-26-19)21(23,24)25)11-30-16-7-3-12(4-8-18(28)29)14(9-16)10-27/h1-10H,11H2,(H,28,29)/b8-4+. The maximum Gasteiger partial charge on any atom is 0.427 e. The zero-order valence-corrected chi connectivity index (χ0v) is 17.1. The van der Waals surface area contributed by atoms with E-state index in [2.05, 4.69) is 4.37 Å². The number of hydrogen-bond acceptors (Lipinski definition) is 5. The van der Waals surface area contributed by atoms with Gasteiger partial charge in [-0.05, 0) is 47.4 Å². The van der Waals surface area contributed by atoms with Gasteiger partial charge in [-0.1, -0.05) is 29.8 Å². The van der Waals surface area contributed by atoms with Crippen LogP contribution in [-0.2, 0) is 17.6 Å². The third kappa shape index (κ3) is 5.50. The summed E-state index contributed by atoms with van der Waals surface area (Å²) < 4.78 is 49.9. The van der Waals surface area contributed by atoms with E-state index in [9.17, 15) is 22.8 Å². The Morgan fingerprint density at radius 3 is 2.48 bits per heavy atom. The van der Waals surface area contributed by atoms with Gasteiger partial charge in [-0.2, -0.15) is 17.5 Å². The molecule has 3 rings (SSSR count). The van der Waals surface area contributed by atoms with E-state index in [4.69, 9.17) is 21.4 Å². The fourth-order valence-electron chi connectivity index (χ4n) is 2.71. The molecule has 2 aromatic carbocycles. The second kappa shape index (κ2) is 9.32. The van der Waals surface area contributed by atoms with Gasteiger partial charge in [-0.3, -0.25) is 4.79 Å². The molecule has 0 saturated heterocycles. The van der Waals surface area contributed by atoms with E-state index in [1.54, 1.807) is 24.3 Å². The average molecular weight is 468 g/mol. The molecule has 0 spiro atoms. The van der Waals surface area contributed by atoms with Crippen LogP contribution in [0.25, 0.3) is 17.3 Å². The molecular weight excluding hydrogens is 455 g/mol. The molecule has 10 heteroatoms. The van der Waals surface area contributed by atoms with Gasteiger partial charge in [0.25, 0.3) is 0 Å². The number of nitrogens with zero attached hydrogens (tertiary/aromatic N) is 1. The number of carbonyl (C=O) groups excluding carboxylic acids is 1.